The summed E-state index contributed by atoms with van der Waals surface area (Å²) in [7, 11) is 0. The molecule has 1 amide bonds. The zero-order valence-corrected chi connectivity index (χ0v) is 14.5. The van der Waals surface area contributed by atoms with Crippen molar-refractivity contribution in [1.82, 2.24) is 5.32 Å². The second-order valence-corrected chi connectivity index (χ2v) is 6.51. The van der Waals surface area contributed by atoms with Gasteiger partial charge in [-0.1, -0.05) is 36.4 Å². The quantitative estimate of drug-likeness (QED) is 0.837. The van der Waals surface area contributed by atoms with Crippen molar-refractivity contribution in [3.05, 3.63) is 60.2 Å². The number of carbonyl (C=O) groups is 1. The minimum atomic E-state index is -0.274. The molecule has 0 radical (unpaired) electrons. The molecule has 0 aliphatic rings. The maximum atomic E-state index is 12.0. The maximum Gasteiger partial charge on any atom is 0.223 e. The Kier molecular flexibility index (Phi) is 6.24. The predicted octanol–water partition coefficient (Wildman–Crippen LogP) is 3.95. The Bertz CT molecular complexity index is 647. The topological polar surface area (TPSA) is 47.6 Å². The molecule has 2 rings (SSSR count). The lowest BCUT2D eigenvalue weighted by molar-refractivity contribution is -0.121. The molecule has 0 fully saturated rings. The van der Waals surface area contributed by atoms with Crippen LogP contribution in [0.15, 0.2) is 54.6 Å². The summed E-state index contributed by atoms with van der Waals surface area (Å²) in [5.74, 6) is 1.52. The van der Waals surface area contributed by atoms with Gasteiger partial charge in [-0.15, -0.1) is 0 Å². The molecule has 128 valence electrons. The van der Waals surface area contributed by atoms with Gasteiger partial charge in [0.15, 0.2) is 0 Å². The highest BCUT2D eigenvalue weighted by molar-refractivity contribution is 5.76. The molecule has 0 aliphatic heterocycles. The second kappa shape index (κ2) is 8.39. The molecule has 0 bridgehead atoms. The number of ether oxygens (including phenoxy) is 2. The summed E-state index contributed by atoms with van der Waals surface area (Å²) in [5, 5.41) is 2.91. The highest BCUT2D eigenvalue weighted by atomic mass is 16.5. The molecule has 4 heteroatoms. The van der Waals surface area contributed by atoms with E-state index in [1.165, 1.54) is 0 Å². The standard InChI is InChI=1S/C20H25NO3/c1-20(2,3)24-18-12-8-7-9-16(18)15-21-19(22)13-14-23-17-10-5-4-6-11-17/h4-12H,13-15H2,1-3H3,(H,21,22). The van der Waals surface area contributed by atoms with E-state index in [0.717, 1.165) is 17.1 Å². The molecule has 0 saturated carbocycles. The zero-order valence-electron chi connectivity index (χ0n) is 14.5. The molecule has 1 N–H and O–H groups in total. The van der Waals surface area contributed by atoms with Crippen molar-refractivity contribution in [2.75, 3.05) is 6.61 Å². The molecule has 0 unspecified atom stereocenters. The Labute approximate surface area is 143 Å². The lowest BCUT2D eigenvalue weighted by atomic mass is 10.1. The average molecular weight is 327 g/mol. The van der Waals surface area contributed by atoms with E-state index < -0.39 is 0 Å². The Morgan fingerprint density at radius 2 is 1.67 bits per heavy atom. The molecular formula is C20H25NO3. The van der Waals surface area contributed by atoms with Crippen molar-refractivity contribution in [1.29, 1.82) is 0 Å². The van der Waals surface area contributed by atoms with Crippen LogP contribution in [0, 0.1) is 0 Å². The van der Waals surface area contributed by atoms with E-state index in [4.69, 9.17) is 9.47 Å². The van der Waals surface area contributed by atoms with Gasteiger partial charge < -0.3 is 14.8 Å². The molecule has 0 aromatic heterocycles. The third-order valence-corrected chi connectivity index (χ3v) is 3.21. The number of hydrogen-bond donors (Lipinski definition) is 1. The fourth-order valence-electron chi connectivity index (χ4n) is 2.14. The van der Waals surface area contributed by atoms with Gasteiger partial charge in [0.05, 0.1) is 13.0 Å². The minimum Gasteiger partial charge on any atom is -0.493 e. The Balaban J connectivity index is 1.79. The smallest absolute Gasteiger partial charge is 0.223 e. The molecule has 4 nitrogen and oxygen atoms in total. The van der Waals surface area contributed by atoms with Crippen molar-refractivity contribution in [2.24, 2.45) is 0 Å². The summed E-state index contributed by atoms with van der Waals surface area (Å²) in [5.41, 5.74) is 0.689. The number of carbonyl (C=O) groups excluding carboxylic acids is 1. The first-order valence-electron chi connectivity index (χ1n) is 8.15. The normalized spacial score (nSPS) is 11.0. The van der Waals surface area contributed by atoms with E-state index in [2.05, 4.69) is 5.32 Å². The molecule has 2 aromatic rings. The van der Waals surface area contributed by atoms with E-state index in [9.17, 15) is 4.79 Å². The van der Waals surface area contributed by atoms with Gasteiger partial charge in [0.1, 0.15) is 17.1 Å². The van der Waals surface area contributed by atoms with Gasteiger partial charge in [-0.2, -0.15) is 0 Å². The highest BCUT2D eigenvalue weighted by Crippen LogP contribution is 2.22. The van der Waals surface area contributed by atoms with Crippen LogP contribution in [-0.2, 0) is 11.3 Å². The zero-order chi connectivity index (χ0) is 17.4. The number of hydrogen-bond acceptors (Lipinski definition) is 3. The van der Waals surface area contributed by atoms with Crippen LogP contribution in [0.25, 0.3) is 0 Å². The van der Waals surface area contributed by atoms with Crippen LogP contribution < -0.4 is 14.8 Å². The number of amides is 1. The molecule has 0 saturated heterocycles. The Morgan fingerprint density at radius 3 is 2.38 bits per heavy atom. The summed E-state index contributed by atoms with van der Waals surface area (Å²) in [6.07, 6.45) is 0.317. The van der Waals surface area contributed by atoms with Crippen molar-refractivity contribution < 1.29 is 14.3 Å². The highest BCUT2D eigenvalue weighted by Gasteiger charge is 2.14. The number of nitrogens with one attached hydrogen (secondary N) is 1. The first kappa shape index (κ1) is 17.9. The molecule has 2 aromatic carbocycles. The lowest BCUT2D eigenvalue weighted by Crippen LogP contribution is -2.27. The lowest BCUT2D eigenvalue weighted by Gasteiger charge is -2.23. The third kappa shape index (κ3) is 6.32. The van der Waals surface area contributed by atoms with E-state index in [0.29, 0.717) is 19.6 Å². The largest absolute Gasteiger partial charge is 0.493 e. The van der Waals surface area contributed by atoms with Crippen LogP contribution in [0.1, 0.15) is 32.8 Å². The van der Waals surface area contributed by atoms with Crippen LogP contribution in [0.4, 0.5) is 0 Å². The average Bonchev–Trinajstić information content (AvgIpc) is 2.54. The number of rotatable bonds is 7. The van der Waals surface area contributed by atoms with Gasteiger partial charge in [-0.25, -0.2) is 0 Å². The molecule has 0 aliphatic carbocycles. The van der Waals surface area contributed by atoms with Crippen LogP contribution in [-0.4, -0.2) is 18.1 Å². The van der Waals surface area contributed by atoms with E-state index in [1.807, 2.05) is 75.4 Å². The summed E-state index contributed by atoms with van der Waals surface area (Å²) < 4.78 is 11.5. The van der Waals surface area contributed by atoms with Gasteiger partial charge in [-0.3, -0.25) is 4.79 Å². The molecular weight excluding hydrogens is 302 g/mol. The minimum absolute atomic E-state index is 0.0449. The van der Waals surface area contributed by atoms with Gasteiger partial charge in [0.2, 0.25) is 5.91 Å². The Morgan fingerprint density at radius 1 is 1.00 bits per heavy atom. The summed E-state index contributed by atoms with van der Waals surface area (Å²) >= 11 is 0. The predicted molar refractivity (Wildman–Crippen MR) is 95.2 cm³/mol. The van der Waals surface area contributed by atoms with Crippen LogP contribution in [0.3, 0.4) is 0 Å². The monoisotopic (exact) mass is 327 g/mol. The van der Waals surface area contributed by atoms with Crippen molar-refractivity contribution >= 4 is 5.91 Å². The van der Waals surface area contributed by atoms with Crippen molar-refractivity contribution in [3.63, 3.8) is 0 Å². The first-order chi connectivity index (χ1) is 11.4. The Hall–Kier alpha value is -2.49. The fraction of sp³-hybridized carbons (Fsp3) is 0.350. The summed E-state index contributed by atoms with van der Waals surface area (Å²) in [4.78, 5) is 12.0. The fourth-order valence-corrected chi connectivity index (χ4v) is 2.14. The summed E-state index contributed by atoms with van der Waals surface area (Å²) in [6, 6.07) is 17.2. The van der Waals surface area contributed by atoms with Gasteiger partial charge >= 0.3 is 0 Å². The van der Waals surface area contributed by atoms with Gasteiger partial charge in [0, 0.05) is 12.1 Å². The third-order valence-electron chi connectivity index (χ3n) is 3.21. The first-order valence-corrected chi connectivity index (χ1v) is 8.15. The van der Waals surface area contributed by atoms with Crippen LogP contribution in [0.2, 0.25) is 0 Å². The second-order valence-electron chi connectivity index (χ2n) is 6.51. The molecule has 24 heavy (non-hydrogen) atoms. The van der Waals surface area contributed by atoms with Crippen LogP contribution in [0.5, 0.6) is 11.5 Å². The number of benzene rings is 2. The van der Waals surface area contributed by atoms with Crippen molar-refractivity contribution in [2.45, 2.75) is 39.3 Å². The SMILES string of the molecule is CC(C)(C)Oc1ccccc1CNC(=O)CCOc1ccccc1. The van der Waals surface area contributed by atoms with Crippen LogP contribution >= 0.6 is 0 Å². The van der Waals surface area contributed by atoms with Crippen molar-refractivity contribution in [3.8, 4) is 11.5 Å². The van der Waals surface area contributed by atoms with E-state index >= 15 is 0 Å². The molecule has 0 heterocycles. The molecule has 0 spiro atoms. The maximum absolute atomic E-state index is 12.0. The van der Waals surface area contributed by atoms with Gasteiger partial charge in [-0.05, 0) is 39.0 Å². The van der Waals surface area contributed by atoms with E-state index in [1.54, 1.807) is 0 Å². The molecule has 0 atom stereocenters. The van der Waals surface area contributed by atoms with Gasteiger partial charge in [0.25, 0.3) is 0 Å². The van der Waals surface area contributed by atoms with E-state index in [-0.39, 0.29) is 11.5 Å². The number of para-hydroxylation sites is 2. The summed E-state index contributed by atoms with van der Waals surface area (Å²) in [6.45, 7) is 6.81.